The molecule has 0 nitrogen and oxygen atoms in total. The van der Waals surface area contributed by atoms with Crippen LogP contribution in [0.25, 0.3) is 0 Å². The summed E-state index contributed by atoms with van der Waals surface area (Å²) in [5.74, 6) is 4.29. The molecule has 2 saturated carbocycles. The van der Waals surface area contributed by atoms with Crippen LogP contribution in [0.1, 0.15) is 52.4 Å². The van der Waals surface area contributed by atoms with E-state index in [1.165, 1.54) is 38.5 Å². The molecule has 0 radical (unpaired) electrons. The van der Waals surface area contributed by atoms with E-state index in [9.17, 15) is 0 Å². The monoisotopic (exact) mass is 166 g/mol. The Bertz CT molecular complexity index is 132. The first-order chi connectivity index (χ1) is 5.75. The normalized spacial score (nSPS) is 48.5. The highest BCUT2D eigenvalue weighted by atomic mass is 14.4. The third-order valence-electron chi connectivity index (χ3n) is 4.14. The molecule has 1 unspecified atom stereocenters. The molecule has 0 bridgehead atoms. The van der Waals surface area contributed by atoms with Gasteiger partial charge in [0.1, 0.15) is 0 Å². The van der Waals surface area contributed by atoms with E-state index in [4.69, 9.17) is 0 Å². The van der Waals surface area contributed by atoms with Gasteiger partial charge in [-0.3, -0.25) is 0 Å². The van der Waals surface area contributed by atoms with Gasteiger partial charge in [-0.1, -0.05) is 26.7 Å². The Morgan fingerprint density at radius 1 is 0.667 bits per heavy atom. The van der Waals surface area contributed by atoms with E-state index >= 15 is 0 Å². The number of fused-ring (bicyclic) bond motifs is 1. The number of hydrogen-bond acceptors (Lipinski definition) is 0. The molecule has 12 heavy (non-hydrogen) atoms. The van der Waals surface area contributed by atoms with Gasteiger partial charge < -0.3 is 0 Å². The molecule has 4 atom stereocenters. The van der Waals surface area contributed by atoms with Gasteiger partial charge in [0.15, 0.2) is 0 Å². The summed E-state index contributed by atoms with van der Waals surface area (Å²) in [5, 5.41) is 0. The molecule has 2 aliphatic carbocycles. The van der Waals surface area contributed by atoms with Crippen LogP contribution in [0.2, 0.25) is 0 Å². The van der Waals surface area contributed by atoms with Crippen LogP contribution < -0.4 is 0 Å². The van der Waals surface area contributed by atoms with Gasteiger partial charge in [0.25, 0.3) is 0 Å². The first kappa shape index (κ1) is 8.59. The zero-order valence-electron chi connectivity index (χ0n) is 8.55. The van der Waals surface area contributed by atoms with Crippen LogP contribution in [0, 0.1) is 23.7 Å². The molecule has 0 heteroatoms. The van der Waals surface area contributed by atoms with E-state index < -0.39 is 0 Å². The summed E-state index contributed by atoms with van der Waals surface area (Å²) in [6.45, 7) is 4.88. The summed E-state index contributed by atoms with van der Waals surface area (Å²) in [5.41, 5.74) is 0. The molecule has 0 heterocycles. The third kappa shape index (κ3) is 1.67. The second-order valence-corrected chi connectivity index (χ2v) is 5.36. The van der Waals surface area contributed by atoms with Crippen molar-refractivity contribution in [3.05, 3.63) is 0 Å². The van der Waals surface area contributed by atoms with Crippen LogP contribution in [-0.4, -0.2) is 0 Å². The van der Waals surface area contributed by atoms with Crippen molar-refractivity contribution in [2.75, 3.05) is 0 Å². The smallest absolute Gasteiger partial charge is 0.0383 e. The predicted molar refractivity (Wildman–Crippen MR) is 53.0 cm³/mol. The zero-order chi connectivity index (χ0) is 8.55. The molecular formula is C12H22. The van der Waals surface area contributed by atoms with Gasteiger partial charge >= 0.3 is 0 Å². The molecule has 0 aromatic rings. The molecule has 2 aliphatic rings. The Morgan fingerprint density at radius 2 is 1.08 bits per heavy atom. The standard InChI is InChI=1S/C12H22/c1-9-3-5-12-8-10(2)4-6-11(12)7-9/h9-12H,3-8H2,1-2H3/t9-,10+,11-,12?/m0/s1. The minimum absolute atomic E-state index is 1.03. The lowest BCUT2D eigenvalue weighted by molar-refractivity contribution is 0.109. The van der Waals surface area contributed by atoms with Gasteiger partial charge in [-0.25, -0.2) is 0 Å². The second kappa shape index (κ2) is 3.40. The van der Waals surface area contributed by atoms with E-state index in [1.54, 1.807) is 0 Å². The van der Waals surface area contributed by atoms with E-state index in [0.29, 0.717) is 0 Å². The number of rotatable bonds is 0. The summed E-state index contributed by atoms with van der Waals surface area (Å²) in [7, 11) is 0. The highest BCUT2D eigenvalue weighted by molar-refractivity contribution is 4.83. The van der Waals surface area contributed by atoms with Gasteiger partial charge in [-0.05, 0) is 49.4 Å². The van der Waals surface area contributed by atoms with Crippen LogP contribution in [-0.2, 0) is 0 Å². The summed E-state index contributed by atoms with van der Waals surface area (Å²) in [6, 6.07) is 0. The average Bonchev–Trinajstić information content (AvgIpc) is 2.05. The minimum Gasteiger partial charge on any atom is -0.0625 e. The van der Waals surface area contributed by atoms with E-state index in [0.717, 1.165) is 23.7 Å². The van der Waals surface area contributed by atoms with Crippen LogP contribution in [0.3, 0.4) is 0 Å². The molecule has 0 N–H and O–H groups in total. The summed E-state index contributed by atoms with van der Waals surface area (Å²) < 4.78 is 0. The lowest BCUT2D eigenvalue weighted by atomic mass is 9.65. The van der Waals surface area contributed by atoms with Crippen molar-refractivity contribution < 1.29 is 0 Å². The maximum atomic E-state index is 2.44. The Labute approximate surface area is 76.7 Å². The molecule has 0 aromatic carbocycles. The van der Waals surface area contributed by atoms with Crippen LogP contribution in [0.4, 0.5) is 0 Å². The largest absolute Gasteiger partial charge is 0.0625 e. The predicted octanol–water partition coefficient (Wildman–Crippen LogP) is 3.86. The molecule has 0 aliphatic heterocycles. The molecule has 2 rings (SSSR count). The van der Waals surface area contributed by atoms with Gasteiger partial charge in [-0.2, -0.15) is 0 Å². The maximum absolute atomic E-state index is 2.44. The van der Waals surface area contributed by atoms with E-state index in [2.05, 4.69) is 13.8 Å². The molecule has 0 saturated heterocycles. The van der Waals surface area contributed by atoms with Crippen molar-refractivity contribution in [3.63, 3.8) is 0 Å². The van der Waals surface area contributed by atoms with Crippen molar-refractivity contribution in [1.82, 2.24) is 0 Å². The van der Waals surface area contributed by atoms with Crippen molar-refractivity contribution in [2.24, 2.45) is 23.7 Å². The third-order valence-corrected chi connectivity index (χ3v) is 4.14. The van der Waals surface area contributed by atoms with E-state index in [1.807, 2.05) is 0 Å². The Kier molecular flexibility index (Phi) is 2.43. The van der Waals surface area contributed by atoms with E-state index in [-0.39, 0.29) is 0 Å². The van der Waals surface area contributed by atoms with Crippen molar-refractivity contribution in [2.45, 2.75) is 52.4 Å². The lowest BCUT2D eigenvalue weighted by Crippen LogP contribution is -2.29. The lowest BCUT2D eigenvalue weighted by Gasteiger charge is -2.40. The van der Waals surface area contributed by atoms with Gasteiger partial charge in [0.05, 0.1) is 0 Å². The van der Waals surface area contributed by atoms with Crippen LogP contribution in [0.5, 0.6) is 0 Å². The first-order valence-electron chi connectivity index (χ1n) is 5.75. The zero-order valence-corrected chi connectivity index (χ0v) is 8.55. The quantitative estimate of drug-likeness (QED) is 0.512. The molecule has 0 spiro atoms. The SMILES string of the molecule is C[C@@H]1CC[C@H]2C[C@@H](C)CCC2C1. The molecule has 2 fully saturated rings. The Hall–Kier alpha value is 0. The van der Waals surface area contributed by atoms with Crippen LogP contribution >= 0.6 is 0 Å². The fraction of sp³-hybridized carbons (Fsp3) is 1.00. The first-order valence-corrected chi connectivity index (χ1v) is 5.75. The Balaban J connectivity index is 1.94. The van der Waals surface area contributed by atoms with Gasteiger partial charge in [-0.15, -0.1) is 0 Å². The maximum Gasteiger partial charge on any atom is -0.0383 e. The fourth-order valence-corrected chi connectivity index (χ4v) is 3.36. The molecule has 0 aromatic heterocycles. The fourth-order valence-electron chi connectivity index (χ4n) is 3.36. The topological polar surface area (TPSA) is 0 Å². The van der Waals surface area contributed by atoms with Crippen molar-refractivity contribution >= 4 is 0 Å². The highest BCUT2D eigenvalue weighted by Gasteiger charge is 2.32. The summed E-state index contributed by atoms with van der Waals surface area (Å²) in [6.07, 6.45) is 9.17. The number of hydrogen-bond donors (Lipinski definition) is 0. The molecule has 70 valence electrons. The minimum atomic E-state index is 1.03. The van der Waals surface area contributed by atoms with Crippen molar-refractivity contribution in [3.8, 4) is 0 Å². The van der Waals surface area contributed by atoms with Crippen LogP contribution in [0.15, 0.2) is 0 Å². The average molecular weight is 166 g/mol. The Morgan fingerprint density at radius 3 is 1.50 bits per heavy atom. The summed E-state index contributed by atoms with van der Waals surface area (Å²) >= 11 is 0. The van der Waals surface area contributed by atoms with Gasteiger partial charge in [0, 0.05) is 0 Å². The van der Waals surface area contributed by atoms with Crippen molar-refractivity contribution in [1.29, 1.82) is 0 Å². The molecular weight excluding hydrogens is 144 g/mol. The second-order valence-electron chi connectivity index (χ2n) is 5.36. The van der Waals surface area contributed by atoms with Gasteiger partial charge in [0.2, 0.25) is 0 Å². The highest BCUT2D eigenvalue weighted by Crippen LogP contribution is 2.44. The summed E-state index contributed by atoms with van der Waals surface area (Å²) in [4.78, 5) is 0. The molecule has 0 amide bonds.